The van der Waals surface area contributed by atoms with Crippen LogP contribution in [0.2, 0.25) is 0 Å². The van der Waals surface area contributed by atoms with Gasteiger partial charge in [-0.1, -0.05) is 71.4 Å². The van der Waals surface area contributed by atoms with Gasteiger partial charge in [0.15, 0.2) is 0 Å². The summed E-state index contributed by atoms with van der Waals surface area (Å²) in [5.74, 6) is -2.60. The molecule has 4 amide bonds. The van der Waals surface area contributed by atoms with Crippen molar-refractivity contribution in [2.24, 2.45) is 23.5 Å². The molecule has 5 N–H and O–H groups in total. The van der Waals surface area contributed by atoms with E-state index in [1.807, 2.05) is 58.0 Å². The largest absolute Gasteiger partial charge is 0.467 e. The summed E-state index contributed by atoms with van der Waals surface area (Å²) in [6.45, 7) is 9.92. The molecule has 1 aliphatic heterocycles. The first-order valence-electron chi connectivity index (χ1n) is 18.4. The first-order valence-corrected chi connectivity index (χ1v) is 18.4. The third-order valence-corrected chi connectivity index (χ3v) is 10.5. The maximum Gasteiger partial charge on any atom is 0.328 e. The molecule has 1 heterocycles. The normalized spacial score (nSPS) is 19.1. The number of benzene rings is 1. The first-order chi connectivity index (χ1) is 24.7. The highest BCUT2D eigenvalue weighted by Gasteiger charge is 2.43. The molecule has 0 saturated carbocycles. The molecule has 1 unspecified atom stereocenters. The topological polar surface area (TPSA) is 182 Å². The Bertz CT molecular complexity index is 1300. The van der Waals surface area contributed by atoms with Crippen molar-refractivity contribution in [2.45, 2.75) is 109 Å². The van der Waals surface area contributed by atoms with Crippen LogP contribution in [0.1, 0.15) is 65.9 Å². The fraction of sp³-hybridized carbons (Fsp3) is 0.711. The molecule has 0 bridgehead atoms. The molecule has 1 saturated heterocycles. The van der Waals surface area contributed by atoms with Gasteiger partial charge in [0, 0.05) is 40.8 Å². The maximum absolute atomic E-state index is 14.1. The number of hydrogen-bond acceptors (Lipinski definition) is 10. The van der Waals surface area contributed by atoms with Crippen LogP contribution in [0, 0.1) is 17.8 Å². The molecule has 1 aliphatic rings. The molecule has 9 atom stereocenters. The number of amides is 4. The Balaban J connectivity index is 2.25. The molecule has 0 aliphatic carbocycles. The molecule has 1 aromatic rings. The highest BCUT2D eigenvalue weighted by molar-refractivity contribution is 5.90. The fourth-order valence-electron chi connectivity index (χ4n) is 7.29. The van der Waals surface area contributed by atoms with Gasteiger partial charge in [0.05, 0.1) is 49.8 Å². The third-order valence-electron chi connectivity index (χ3n) is 10.5. The van der Waals surface area contributed by atoms with Crippen molar-refractivity contribution in [3.63, 3.8) is 0 Å². The Morgan fingerprint density at radius 3 is 2.12 bits per heavy atom. The lowest BCUT2D eigenvalue weighted by Gasteiger charge is -2.40. The van der Waals surface area contributed by atoms with E-state index in [2.05, 4.69) is 16.0 Å². The van der Waals surface area contributed by atoms with Gasteiger partial charge < -0.3 is 45.7 Å². The minimum Gasteiger partial charge on any atom is -0.467 e. The molecule has 2 rings (SSSR count). The number of esters is 1. The minimum absolute atomic E-state index is 0.00564. The Morgan fingerprint density at radius 1 is 0.962 bits per heavy atom. The van der Waals surface area contributed by atoms with Gasteiger partial charge >= 0.3 is 5.97 Å². The predicted octanol–water partition coefficient (Wildman–Crippen LogP) is 1.49. The SMILES string of the molecule is CC[C@H](C)[C@@H]([C@@H](CC(=O)N1CCC[C@H]1[C@H](OC)[C@@H](C)C(=O)N[C@@H](Cc1ccccc1)C(=O)OC)OC)N(C)C(=O)[C@H](CN)NC(=O)C(NC)C(C)C. The number of likely N-dealkylation sites (tertiary alicyclic amines) is 1. The Hall–Kier alpha value is -3.59. The van der Waals surface area contributed by atoms with E-state index in [0.29, 0.717) is 19.4 Å². The number of methoxy groups -OCH3 is 3. The number of carbonyl (C=O) groups is 5. The number of rotatable bonds is 21. The van der Waals surface area contributed by atoms with Gasteiger partial charge in [-0.15, -0.1) is 0 Å². The lowest BCUT2D eigenvalue weighted by Crippen LogP contribution is -2.60. The van der Waals surface area contributed by atoms with Gasteiger partial charge in [0.2, 0.25) is 23.6 Å². The summed E-state index contributed by atoms with van der Waals surface area (Å²) in [4.78, 5) is 70.5. The smallest absolute Gasteiger partial charge is 0.328 e. The lowest BCUT2D eigenvalue weighted by molar-refractivity contribution is -0.148. The monoisotopic (exact) mass is 732 g/mol. The Kier molecular flexibility index (Phi) is 18.7. The fourth-order valence-corrected chi connectivity index (χ4v) is 7.29. The van der Waals surface area contributed by atoms with Crippen LogP contribution in [0.25, 0.3) is 0 Å². The summed E-state index contributed by atoms with van der Waals surface area (Å²) >= 11 is 0. The molecule has 1 fully saturated rings. The predicted molar refractivity (Wildman–Crippen MR) is 199 cm³/mol. The van der Waals surface area contributed by atoms with E-state index < -0.39 is 54.3 Å². The zero-order chi connectivity index (χ0) is 39.1. The Morgan fingerprint density at radius 2 is 1.60 bits per heavy atom. The zero-order valence-corrected chi connectivity index (χ0v) is 32.8. The number of carbonyl (C=O) groups excluding carboxylic acids is 5. The maximum atomic E-state index is 14.1. The number of nitrogens with two attached hydrogens (primary N) is 1. The summed E-state index contributed by atoms with van der Waals surface area (Å²) in [6, 6.07) is 6.08. The summed E-state index contributed by atoms with van der Waals surface area (Å²) in [5, 5.41) is 8.64. The van der Waals surface area contributed by atoms with Crippen molar-refractivity contribution in [1.82, 2.24) is 25.8 Å². The van der Waals surface area contributed by atoms with Gasteiger partial charge in [-0.2, -0.15) is 0 Å². The summed E-state index contributed by atoms with van der Waals surface area (Å²) < 4.78 is 16.8. The van der Waals surface area contributed by atoms with Crippen molar-refractivity contribution in [3.05, 3.63) is 35.9 Å². The lowest BCUT2D eigenvalue weighted by atomic mass is 9.90. The van der Waals surface area contributed by atoms with E-state index in [4.69, 9.17) is 19.9 Å². The van der Waals surface area contributed by atoms with Crippen molar-refractivity contribution in [1.29, 1.82) is 0 Å². The average molecular weight is 733 g/mol. The number of ether oxygens (including phenoxy) is 3. The molecule has 294 valence electrons. The molecular weight excluding hydrogens is 668 g/mol. The molecule has 0 aromatic heterocycles. The van der Waals surface area contributed by atoms with Crippen molar-refractivity contribution in [3.8, 4) is 0 Å². The van der Waals surface area contributed by atoms with E-state index in [-0.39, 0.29) is 54.9 Å². The molecule has 14 nitrogen and oxygen atoms in total. The molecule has 52 heavy (non-hydrogen) atoms. The first kappa shape index (κ1) is 44.6. The number of hydrogen-bond donors (Lipinski definition) is 4. The van der Waals surface area contributed by atoms with E-state index in [9.17, 15) is 24.0 Å². The average Bonchev–Trinajstić information content (AvgIpc) is 3.62. The number of nitrogens with one attached hydrogen (secondary N) is 3. The summed E-state index contributed by atoms with van der Waals surface area (Å²) in [6.07, 6.45) is 0.956. The highest BCUT2D eigenvalue weighted by Crippen LogP contribution is 2.29. The van der Waals surface area contributed by atoms with Crippen LogP contribution >= 0.6 is 0 Å². The number of nitrogens with zero attached hydrogens (tertiary/aromatic N) is 2. The van der Waals surface area contributed by atoms with Crippen LogP contribution in [-0.4, -0.2) is 130 Å². The van der Waals surface area contributed by atoms with Crippen LogP contribution in [0.5, 0.6) is 0 Å². The van der Waals surface area contributed by atoms with Crippen LogP contribution in [0.15, 0.2) is 30.3 Å². The van der Waals surface area contributed by atoms with Gasteiger partial charge in [-0.05, 0) is 37.3 Å². The molecule has 14 heteroatoms. The van der Waals surface area contributed by atoms with Gasteiger partial charge in [-0.25, -0.2) is 4.79 Å². The van der Waals surface area contributed by atoms with Gasteiger partial charge in [-0.3, -0.25) is 19.2 Å². The second kappa shape index (κ2) is 21.8. The second-order valence-electron chi connectivity index (χ2n) is 14.2. The van der Waals surface area contributed by atoms with Crippen molar-refractivity contribution >= 4 is 29.6 Å². The zero-order valence-electron chi connectivity index (χ0n) is 32.8. The summed E-state index contributed by atoms with van der Waals surface area (Å²) in [7, 11) is 7.66. The van der Waals surface area contributed by atoms with Crippen LogP contribution in [-0.2, 0) is 44.6 Å². The quantitative estimate of drug-likeness (QED) is 0.135. The standard InChI is InChI=1S/C38H64N6O8/c1-11-24(4)33(43(7)37(48)28(22-39)42-36(47)32(40-6)23(2)3)30(50-8)21-31(45)44-19-15-18-29(44)34(51-9)25(5)35(46)41-27(38(49)52-10)20-26-16-13-12-14-17-26/h12-14,16-17,23-25,27-30,32-34,40H,11,15,18-22,39H2,1-10H3,(H,41,46)(H,42,47)/t24-,25+,27-,28-,29-,30+,32?,33-,34+/m0/s1. The van der Waals surface area contributed by atoms with Crippen molar-refractivity contribution < 1.29 is 38.2 Å². The Labute approximate surface area is 310 Å². The molecule has 0 spiro atoms. The van der Waals surface area contributed by atoms with Crippen molar-refractivity contribution in [2.75, 3.05) is 48.5 Å². The summed E-state index contributed by atoms with van der Waals surface area (Å²) in [5.41, 5.74) is 6.88. The second-order valence-corrected chi connectivity index (χ2v) is 14.2. The molecule has 0 radical (unpaired) electrons. The molecular formula is C38H64N6O8. The van der Waals surface area contributed by atoms with Crippen LogP contribution in [0.4, 0.5) is 0 Å². The third kappa shape index (κ3) is 11.7. The molecule has 1 aromatic carbocycles. The van der Waals surface area contributed by atoms with Crippen LogP contribution < -0.4 is 21.7 Å². The van der Waals surface area contributed by atoms with E-state index in [1.165, 1.54) is 21.3 Å². The van der Waals surface area contributed by atoms with E-state index in [1.54, 1.807) is 30.8 Å². The minimum atomic E-state index is -0.962. The van der Waals surface area contributed by atoms with E-state index in [0.717, 1.165) is 12.0 Å². The van der Waals surface area contributed by atoms with Gasteiger partial charge in [0.1, 0.15) is 12.1 Å². The van der Waals surface area contributed by atoms with Crippen LogP contribution in [0.3, 0.4) is 0 Å². The van der Waals surface area contributed by atoms with E-state index >= 15 is 0 Å². The number of likely N-dealkylation sites (N-methyl/N-ethyl adjacent to an activating group) is 2. The highest BCUT2D eigenvalue weighted by atomic mass is 16.5. The van der Waals surface area contributed by atoms with Gasteiger partial charge in [0.25, 0.3) is 0 Å².